The quantitative estimate of drug-likeness (QED) is 0.717. The maximum atomic E-state index is 11.8. The van der Waals surface area contributed by atoms with Crippen molar-refractivity contribution < 1.29 is 14.0 Å². The van der Waals surface area contributed by atoms with Crippen LogP contribution in [0.2, 0.25) is 0 Å². The largest absolute Gasteiger partial charge is 0.461 e. The molecule has 0 aliphatic carbocycles. The van der Waals surface area contributed by atoms with Crippen LogP contribution < -0.4 is 5.32 Å². The van der Waals surface area contributed by atoms with Crippen molar-refractivity contribution >= 4 is 11.7 Å². The molecule has 0 fully saturated rings. The Hall–Kier alpha value is -1.62. The molecule has 1 aromatic heterocycles. The zero-order valence-electron chi connectivity index (χ0n) is 10.2. The summed E-state index contributed by atoms with van der Waals surface area (Å²) < 4.78 is 5.03. The summed E-state index contributed by atoms with van der Waals surface area (Å²) in [5, 5.41) is 2.55. The van der Waals surface area contributed by atoms with Crippen molar-refractivity contribution in [1.82, 2.24) is 10.2 Å². The summed E-state index contributed by atoms with van der Waals surface area (Å²) >= 11 is 0. The van der Waals surface area contributed by atoms with Crippen LogP contribution in [0.5, 0.6) is 0 Å². The van der Waals surface area contributed by atoms with Gasteiger partial charge in [-0.3, -0.25) is 14.5 Å². The Labute approximate surface area is 101 Å². The summed E-state index contributed by atoms with van der Waals surface area (Å²) in [4.78, 5) is 24.9. The Balaban J connectivity index is 2.54. The van der Waals surface area contributed by atoms with Crippen molar-refractivity contribution in [3.05, 3.63) is 24.2 Å². The third kappa shape index (κ3) is 4.40. The van der Waals surface area contributed by atoms with Gasteiger partial charge in [0.25, 0.3) is 0 Å². The van der Waals surface area contributed by atoms with E-state index in [9.17, 15) is 9.59 Å². The molecule has 0 unspecified atom stereocenters. The van der Waals surface area contributed by atoms with Crippen LogP contribution in [-0.2, 0) is 4.79 Å². The molecule has 0 bridgehead atoms. The second-order valence-electron chi connectivity index (χ2n) is 3.78. The molecular formula is C12H18N2O3. The van der Waals surface area contributed by atoms with Gasteiger partial charge in [0.05, 0.1) is 19.4 Å². The Bertz CT molecular complexity index is 360. The number of ketones is 1. The summed E-state index contributed by atoms with van der Waals surface area (Å²) in [5.41, 5.74) is 0. The first kappa shape index (κ1) is 13.4. The SMILES string of the molecule is CCCN(CC(=O)NC)CC(=O)c1ccco1. The monoisotopic (exact) mass is 238 g/mol. The lowest BCUT2D eigenvalue weighted by atomic mass is 10.2. The third-order valence-electron chi connectivity index (χ3n) is 2.35. The molecule has 0 saturated heterocycles. The Kier molecular flexibility index (Phi) is 5.42. The maximum Gasteiger partial charge on any atom is 0.233 e. The van der Waals surface area contributed by atoms with Crippen LogP contribution in [0.4, 0.5) is 0 Å². The van der Waals surface area contributed by atoms with E-state index in [1.807, 2.05) is 11.8 Å². The van der Waals surface area contributed by atoms with Crippen molar-refractivity contribution in [3.8, 4) is 0 Å². The first-order valence-electron chi connectivity index (χ1n) is 5.67. The summed E-state index contributed by atoms with van der Waals surface area (Å²) in [5.74, 6) is 0.140. The van der Waals surface area contributed by atoms with Gasteiger partial charge in [0, 0.05) is 7.05 Å². The van der Waals surface area contributed by atoms with Crippen LogP contribution in [0.15, 0.2) is 22.8 Å². The molecule has 0 aliphatic heterocycles. The highest BCUT2D eigenvalue weighted by atomic mass is 16.3. The number of nitrogens with one attached hydrogen (secondary N) is 1. The fourth-order valence-corrected chi connectivity index (χ4v) is 1.53. The zero-order chi connectivity index (χ0) is 12.7. The average Bonchev–Trinajstić information content (AvgIpc) is 2.82. The van der Waals surface area contributed by atoms with Crippen LogP contribution in [0, 0.1) is 0 Å². The van der Waals surface area contributed by atoms with Gasteiger partial charge in [0.1, 0.15) is 0 Å². The highest BCUT2D eigenvalue weighted by Gasteiger charge is 2.16. The van der Waals surface area contributed by atoms with E-state index in [2.05, 4.69) is 5.32 Å². The molecule has 0 aromatic carbocycles. The minimum absolute atomic E-state index is 0.0919. The van der Waals surface area contributed by atoms with Gasteiger partial charge in [0.15, 0.2) is 5.76 Å². The lowest BCUT2D eigenvalue weighted by Gasteiger charge is -2.19. The molecular weight excluding hydrogens is 220 g/mol. The highest BCUT2D eigenvalue weighted by Crippen LogP contribution is 2.03. The van der Waals surface area contributed by atoms with Crippen LogP contribution in [0.3, 0.4) is 0 Å². The number of likely N-dealkylation sites (N-methyl/N-ethyl adjacent to an activating group) is 1. The lowest BCUT2D eigenvalue weighted by Crippen LogP contribution is -2.39. The number of amides is 1. The van der Waals surface area contributed by atoms with E-state index in [1.54, 1.807) is 19.2 Å². The van der Waals surface area contributed by atoms with Crippen LogP contribution in [0.1, 0.15) is 23.9 Å². The van der Waals surface area contributed by atoms with Gasteiger partial charge in [-0.1, -0.05) is 6.92 Å². The Morgan fingerprint density at radius 1 is 1.41 bits per heavy atom. The second-order valence-corrected chi connectivity index (χ2v) is 3.78. The van der Waals surface area contributed by atoms with E-state index >= 15 is 0 Å². The molecule has 5 nitrogen and oxygen atoms in total. The van der Waals surface area contributed by atoms with E-state index in [1.165, 1.54) is 6.26 Å². The fourth-order valence-electron chi connectivity index (χ4n) is 1.53. The van der Waals surface area contributed by atoms with Crippen LogP contribution in [0.25, 0.3) is 0 Å². The van der Waals surface area contributed by atoms with E-state index in [0.29, 0.717) is 12.3 Å². The molecule has 1 rings (SSSR count). The number of hydrogen-bond donors (Lipinski definition) is 1. The number of carbonyl (C=O) groups excluding carboxylic acids is 2. The number of carbonyl (C=O) groups is 2. The molecule has 0 aliphatic rings. The van der Waals surface area contributed by atoms with Crippen molar-refractivity contribution in [2.45, 2.75) is 13.3 Å². The minimum Gasteiger partial charge on any atom is -0.461 e. The van der Waals surface area contributed by atoms with Gasteiger partial charge < -0.3 is 9.73 Å². The van der Waals surface area contributed by atoms with Gasteiger partial charge in [0.2, 0.25) is 11.7 Å². The number of nitrogens with zero attached hydrogens (tertiary/aromatic N) is 1. The molecule has 17 heavy (non-hydrogen) atoms. The minimum atomic E-state index is -0.104. The van der Waals surface area contributed by atoms with Crippen LogP contribution >= 0.6 is 0 Å². The number of furan rings is 1. The molecule has 0 atom stereocenters. The average molecular weight is 238 g/mol. The van der Waals surface area contributed by atoms with Crippen LogP contribution in [-0.4, -0.2) is 43.3 Å². The first-order chi connectivity index (χ1) is 8.17. The molecule has 1 heterocycles. The Morgan fingerprint density at radius 2 is 2.18 bits per heavy atom. The van der Waals surface area contributed by atoms with Gasteiger partial charge in [-0.05, 0) is 25.1 Å². The van der Waals surface area contributed by atoms with Crippen molar-refractivity contribution in [2.24, 2.45) is 0 Å². The third-order valence-corrected chi connectivity index (χ3v) is 2.35. The number of rotatable bonds is 7. The van der Waals surface area contributed by atoms with Crippen molar-refractivity contribution in [1.29, 1.82) is 0 Å². The van der Waals surface area contributed by atoms with E-state index in [0.717, 1.165) is 6.42 Å². The molecule has 0 saturated carbocycles. The maximum absolute atomic E-state index is 11.8. The molecule has 1 N–H and O–H groups in total. The topological polar surface area (TPSA) is 62.6 Å². The van der Waals surface area contributed by atoms with E-state index in [4.69, 9.17) is 4.42 Å². The molecule has 0 radical (unpaired) electrons. The summed E-state index contributed by atoms with van der Waals surface area (Å²) in [6.07, 6.45) is 2.36. The van der Waals surface area contributed by atoms with Gasteiger partial charge in [-0.15, -0.1) is 0 Å². The van der Waals surface area contributed by atoms with E-state index < -0.39 is 0 Å². The predicted molar refractivity (Wildman–Crippen MR) is 63.8 cm³/mol. The summed E-state index contributed by atoms with van der Waals surface area (Å²) in [6, 6.07) is 3.31. The second kappa shape index (κ2) is 6.85. The summed E-state index contributed by atoms with van der Waals surface area (Å²) in [6.45, 7) is 3.15. The standard InChI is InChI=1S/C12H18N2O3/c1-3-6-14(9-12(16)13-2)8-10(15)11-5-4-7-17-11/h4-5,7H,3,6,8-9H2,1-2H3,(H,13,16). The smallest absolute Gasteiger partial charge is 0.233 e. The lowest BCUT2D eigenvalue weighted by molar-refractivity contribution is -0.121. The fraction of sp³-hybridized carbons (Fsp3) is 0.500. The van der Waals surface area contributed by atoms with E-state index in [-0.39, 0.29) is 24.8 Å². The predicted octanol–water partition coefficient (Wildman–Crippen LogP) is 0.920. The number of hydrogen-bond acceptors (Lipinski definition) is 4. The zero-order valence-corrected chi connectivity index (χ0v) is 10.2. The molecule has 94 valence electrons. The molecule has 0 spiro atoms. The number of Topliss-reactive ketones (excluding diaryl/α,β-unsaturated/α-hetero) is 1. The normalized spacial score (nSPS) is 10.5. The molecule has 1 amide bonds. The first-order valence-corrected chi connectivity index (χ1v) is 5.67. The Morgan fingerprint density at radius 3 is 2.71 bits per heavy atom. The van der Waals surface area contributed by atoms with Gasteiger partial charge in [-0.25, -0.2) is 0 Å². The highest BCUT2D eigenvalue weighted by molar-refractivity contribution is 5.95. The van der Waals surface area contributed by atoms with Crippen molar-refractivity contribution in [3.63, 3.8) is 0 Å². The molecule has 1 aromatic rings. The van der Waals surface area contributed by atoms with Crippen molar-refractivity contribution in [2.75, 3.05) is 26.7 Å². The summed E-state index contributed by atoms with van der Waals surface area (Å²) in [7, 11) is 1.58. The van der Waals surface area contributed by atoms with Gasteiger partial charge in [-0.2, -0.15) is 0 Å². The molecule has 5 heteroatoms. The van der Waals surface area contributed by atoms with Gasteiger partial charge >= 0.3 is 0 Å².